The third-order valence-corrected chi connectivity index (χ3v) is 7.31. The smallest absolute Gasteiger partial charge is 0.150 e. The zero-order valence-corrected chi connectivity index (χ0v) is 24.1. The molecule has 0 fully saturated rings. The molecule has 0 N–H and O–H groups in total. The highest BCUT2D eigenvalue weighted by Gasteiger charge is 2.28. The Kier molecular flexibility index (Phi) is 23.1. The molecule has 0 aliphatic carbocycles. The van der Waals surface area contributed by atoms with Crippen LogP contribution in [0, 0.1) is 28.1 Å². The molecule has 0 saturated heterocycles. The maximum absolute atomic E-state index is 10.1. The molecule has 2 heteroatoms. The first-order chi connectivity index (χ1) is 17.1. The first kappa shape index (κ1) is 33.5. The van der Waals surface area contributed by atoms with Crippen molar-refractivity contribution in [2.75, 3.05) is 0 Å². The first-order valence-corrected chi connectivity index (χ1v) is 15.3. The largest absolute Gasteiger partial charge is 0.197 e. The molecule has 0 aliphatic heterocycles. The van der Waals surface area contributed by atoms with Gasteiger partial charge < -0.3 is 0 Å². The van der Waals surface area contributed by atoms with Gasteiger partial charge in [0.25, 0.3) is 0 Å². The summed E-state index contributed by atoms with van der Waals surface area (Å²) in [6, 6.07) is 4.86. The quantitative estimate of drug-likeness (QED) is 0.101. The van der Waals surface area contributed by atoms with Crippen LogP contribution in [0.4, 0.5) is 0 Å². The molecular weight excluding hydrogens is 424 g/mol. The monoisotopic (exact) mass is 482 g/mol. The molecule has 200 valence electrons. The maximum atomic E-state index is 10.1. The molecule has 0 aromatic heterocycles. The van der Waals surface area contributed by atoms with E-state index in [4.69, 9.17) is 0 Å². The van der Waals surface area contributed by atoms with Crippen molar-refractivity contribution in [2.24, 2.45) is 5.41 Å². The molecule has 2 nitrogen and oxygen atoms in total. The lowest BCUT2D eigenvalue weighted by Gasteiger charge is -2.17. The van der Waals surface area contributed by atoms with E-state index in [1.54, 1.807) is 0 Å². The fraction of sp³-hybridized carbons (Fsp3) is 0.818. The molecule has 0 saturated carbocycles. The predicted molar refractivity (Wildman–Crippen MR) is 154 cm³/mol. The van der Waals surface area contributed by atoms with Crippen LogP contribution < -0.4 is 0 Å². The third-order valence-electron chi connectivity index (χ3n) is 7.31. The standard InChI is InChI=1S/C33H58N2/c1-5-9-13-17-21-31(22-18-14-10-6-2)25-27-33(29-34,30-35)28-26-32(23-19-15-11-7-3)24-20-16-12-8-4/h25-26H,5-24,27-28H2,1-4H3. The van der Waals surface area contributed by atoms with Crippen LogP contribution in [-0.2, 0) is 0 Å². The van der Waals surface area contributed by atoms with Crippen LogP contribution in [-0.4, -0.2) is 0 Å². The molecule has 0 aliphatic rings. The zero-order valence-electron chi connectivity index (χ0n) is 24.1. The lowest BCUT2D eigenvalue weighted by atomic mass is 9.81. The van der Waals surface area contributed by atoms with Crippen LogP contribution in [0.3, 0.4) is 0 Å². The Morgan fingerprint density at radius 3 is 1.00 bits per heavy atom. The van der Waals surface area contributed by atoms with E-state index in [0.29, 0.717) is 12.8 Å². The minimum Gasteiger partial charge on any atom is -0.197 e. The van der Waals surface area contributed by atoms with Crippen LogP contribution in [0.25, 0.3) is 0 Å². The number of allylic oxidation sites excluding steroid dienone is 4. The minimum absolute atomic E-state index is 0.576. The van der Waals surface area contributed by atoms with E-state index in [2.05, 4.69) is 52.0 Å². The Morgan fingerprint density at radius 2 is 0.771 bits per heavy atom. The molecule has 0 aromatic carbocycles. The summed E-state index contributed by atoms with van der Waals surface area (Å²) in [6.45, 7) is 9.02. The van der Waals surface area contributed by atoms with Gasteiger partial charge in [-0.3, -0.25) is 0 Å². The average molecular weight is 483 g/mol. The number of hydrogen-bond acceptors (Lipinski definition) is 2. The Hall–Kier alpha value is -1.54. The SMILES string of the molecule is CCCCCCC(=CCC(C#N)(C#N)CC=C(CCCCCC)CCCCCC)CCCCCC. The zero-order chi connectivity index (χ0) is 26.0. The van der Waals surface area contributed by atoms with Gasteiger partial charge in [-0.15, -0.1) is 0 Å². The van der Waals surface area contributed by atoms with E-state index in [1.165, 1.54) is 114 Å². The van der Waals surface area contributed by atoms with Crippen molar-refractivity contribution in [3.05, 3.63) is 23.3 Å². The fourth-order valence-electron chi connectivity index (χ4n) is 4.70. The van der Waals surface area contributed by atoms with Crippen LogP contribution in [0.2, 0.25) is 0 Å². The van der Waals surface area contributed by atoms with Gasteiger partial charge in [0.2, 0.25) is 0 Å². The number of hydrogen-bond donors (Lipinski definition) is 0. The van der Waals surface area contributed by atoms with Crippen molar-refractivity contribution >= 4 is 0 Å². The van der Waals surface area contributed by atoms with E-state index in [1.807, 2.05) is 0 Å². The molecule has 0 radical (unpaired) electrons. The van der Waals surface area contributed by atoms with Crippen molar-refractivity contribution in [1.29, 1.82) is 10.5 Å². The highest BCUT2D eigenvalue weighted by atomic mass is 14.4. The summed E-state index contributed by atoms with van der Waals surface area (Å²) in [5.74, 6) is 0. The van der Waals surface area contributed by atoms with E-state index in [-0.39, 0.29) is 0 Å². The van der Waals surface area contributed by atoms with E-state index in [0.717, 1.165) is 25.7 Å². The Labute approximate surface area is 220 Å². The summed E-state index contributed by atoms with van der Waals surface area (Å²) in [5, 5.41) is 20.1. The van der Waals surface area contributed by atoms with Gasteiger partial charge in [-0.2, -0.15) is 10.5 Å². The van der Waals surface area contributed by atoms with Crippen molar-refractivity contribution in [3.63, 3.8) is 0 Å². The fourth-order valence-corrected chi connectivity index (χ4v) is 4.70. The van der Waals surface area contributed by atoms with Gasteiger partial charge in [0, 0.05) is 0 Å². The lowest BCUT2D eigenvalue weighted by molar-refractivity contribution is 0.526. The summed E-state index contributed by atoms with van der Waals surface area (Å²) < 4.78 is 0. The highest BCUT2D eigenvalue weighted by Crippen LogP contribution is 2.31. The number of rotatable bonds is 24. The number of unbranched alkanes of at least 4 members (excludes halogenated alkanes) is 12. The van der Waals surface area contributed by atoms with Crippen molar-refractivity contribution < 1.29 is 0 Å². The highest BCUT2D eigenvalue weighted by molar-refractivity contribution is 5.21. The second kappa shape index (κ2) is 24.2. The summed E-state index contributed by atoms with van der Waals surface area (Å²) in [6.07, 6.45) is 30.5. The van der Waals surface area contributed by atoms with E-state index >= 15 is 0 Å². The van der Waals surface area contributed by atoms with Crippen LogP contribution in [0.15, 0.2) is 23.3 Å². The molecule has 0 atom stereocenters. The Balaban J connectivity index is 5.28. The molecular formula is C33H58N2. The lowest BCUT2D eigenvalue weighted by Crippen LogP contribution is -2.14. The average Bonchev–Trinajstić information content (AvgIpc) is 2.88. The van der Waals surface area contributed by atoms with Gasteiger partial charge in [-0.25, -0.2) is 0 Å². The van der Waals surface area contributed by atoms with Gasteiger partial charge >= 0.3 is 0 Å². The molecule has 0 spiro atoms. The first-order valence-electron chi connectivity index (χ1n) is 15.3. The maximum Gasteiger partial charge on any atom is 0.150 e. The van der Waals surface area contributed by atoms with Gasteiger partial charge in [0.15, 0.2) is 5.41 Å². The van der Waals surface area contributed by atoms with Gasteiger partial charge in [-0.05, 0) is 64.2 Å². The molecule has 0 unspecified atom stereocenters. The number of nitrogens with zero attached hydrogens (tertiary/aromatic N) is 2. The summed E-state index contributed by atoms with van der Waals surface area (Å²) in [5.41, 5.74) is 2.04. The molecule has 0 rings (SSSR count). The Morgan fingerprint density at radius 1 is 0.486 bits per heavy atom. The van der Waals surface area contributed by atoms with Crippen LogP contribution in [0.5, 0.6) is 0 Å². The van der Waals surface area contributed by atoms with Crippen LogP contribution >= 0.6 is 0 Å². The summed E-state index contributed by atoms with van der Waals surface area (Å²) in [4.78, 5) is 0. The Bertz CT molecular complexity index is 544. The second-order valence-corrected chi connectivity index (χ2v) is 10.7. The van der Waals surface area contributed by atoms with Gasteiger partial charge in [0.1, 0.15) is 0 Å². The van der Waals surface area contributed by atoms with Crippen LogP contribution in [0.1, 0.15) is 169 Å². The van der Waals surface area contributed by atoms with Gasteiger partial charge in [-0.1, -0.05) is 128 Å². The molecule has 0 amide bonds. The summed E-state index contributed by atoms with van der Waals surface area (Å²) >= 11 is 0. The molecule has 35 heavy (non-hydrogen) atoms. The van der Waals surface area contributed by atoms with Crippen molar-refractivity contribution in [3.8, 4) is 12.1 Å². The summed E-state index contributed by atoms with van der Waals surface area (Å²) in [7, 11) is 0. The van der Waals surface area contributed by atoms with E-state index < -0.39 is 5.41 Å². The van der Waals surface area contributed by atoms with Crippen molar-refractivity contribution in [1.82, 2.24) is 0 Å². The van der Waals surface area contributed by atoms with Crippen molar-refractivity contribution in [2.45, 2.75) is 169 Å². The molecule has 0 aromatic rings. The van der Waals surface area contributed by atoms with Gasteiger partial charge in [0.05, 0.1) is 12.1 Å². The second-order valence-electron chi connectivity index (χ2n) is 10.7. The minimum atomic E-state index is -0.920. The topological polar surface area (TPSA) is 47.6 Å². The predicted octanol–water partition coefficient (Wildman–Crippen LogP) is 11.5. The molecule has 0 bridgehead atoms. The normalized spacial score (nSPS) is 11.0. The third kappa shape index (κ3) is 18.4. The molecule has 0 heterocycles. The van der Waals surface area contributed by atoms with E-state index in [9.17, 15) is 10.5 Å². The number of nitriles is 2.